The highest BCUT2D eigenvalue weighted by Crippen LogP contribution is 2.21. The zero-order valence-corrected chi connectivity index (χ0v) is 10.1. The molecular formula is C14H18N2O. The topological polar surface area (TPSA) is 47.3 Å². The second-order valence-electron chi connectivity index (χ2n) is 4.00. The molecule has 90 valence electrons. The highest BCUT2D eigenvalue weighted by molar-refractivity contribution is 5.84. The van der Waals surface area contributed by atoms with Gasteiger partial charge in [-0.1, -0.05) is 18.2 Å². The van der Waals surface area contributed by atoms with Gasteiger partial charge in [0.25, 0.3) is 0 Å². The number of nitrogens with two attached hydrogens (primary N) is 1. The zero-order valence-electron chi connectivity index (χ0n) is 10.1. The fourth-order valence-corrected chi connectivity index (χ4v) is 1.76. The van der Waals surface area contributed by atoms with Crippen molar-refractivity contribution in [3.05, 3.63) is 42.0 Å². The minimum atomic E-state index is 0.580. The third-order valence-electron chi connectivity index (χ3n) is 2.73. The van der Waals surface area contributed by atoms with Crippen LogP contribution in [0.1, 0.15) is 5.56 Å². The van der Waals surface area contributed by atoms with Gasteiger partial charge in [0, 0.05) is 13.1 Å². The third kappa shape index (κ3) is 2.96. The van der Waals surface area contributed by atoms with Gasteiger partial charge in [-0.05, 0) is 41.6 Å². The Hall–Kier alpha value is -1.58. The van der Waals surface area contributed by atoms with Gasteiger partial charge in [0.2, 0.25) is 0 Å². The molecule has 0 atom stereocenters. The van der Waals surface area contributed by atoms with Crippen LogP contribution in [0.5, 0.6) is 5.75 Å². The standard InChI is InChI=1S/C14H18N2O/c1-16-6-7-17-14-5-4-12-8-11(10-15)2-3-13(12)9-14/h2-5,8-9,16H,6-7,10,15H2,1H3. The first-order valence-electron chi connectivity index (χ1n) is 5.83. The van der Waals surface area contributed by atoms with Gasteiger partial charge in [0.05, 0.1) is 0 Å². The first kappa shape index (κ1) is 11.9. The van der Waals surface area contributed by atoms with E-state index in [0.29, 0.717) is 13.2 Å². The van der Waals surface area contributed by atoms with Gasteiger partial charge >= 0.3 is 0 Å². The molecule has 3 nitrogen and oxygen atoms in total. The molecule has 0 aliphatic rings. The predicted octanol–water partition coefficient (Wildman–Crippen LogP) is 1.90. The molecule has 2 aromatic rings. The maximum atomic E-state index is 5.62. The Labute approximate surface area is 102 Å². The second kappa shape index (κ2) is 5.66. The van der Waals surface area contributed by atoms with Crippen LogP contribution in [0, 0.1) is 0 Å². The Morgan fingerprint density at radius 3 is 2.65 bits per heavy atom. The Morgan fingerprint density at radius 2 is 1.88 bits per heavy atom. The minimum Gasteiger partial charge on any atom is -0.492 e. The van der Waals surface area contributed by atoms with Crippen LogP contribution in [-0.4, -0.2) is 20.2 Å². The highest BCUT2D eigenvalue weighted by atomic mass is 16.5. The summed E-state index contributed by atoms with van der Waals surface area (Å²) in [5.41, 5.74) is 6.77. The Kier molecular flexibility index (Phi) is 3.96. The van der Waals surface area contributed by atoms with Gasteiger partial charge in [-0.3, -0.25) is 0 Å². The van der Waals surface area contributed by atoms with Crippen molar-refractivity contribution in [2.75, 3.05) is 20.2 Å². The van der Waals surface area contributed by atoms with Crippen LogP contribution in [0.25, 0.3) is 10.8 Å². The van der Waals surface area contributed by atoms with Crippen LogP contribution < -0.4 is 15.8 Å². The zero-order chi connectivity index (χ0) is 12.1. The lowest BCUT2D eigenvalue weighted by molar-refractivity contribution is 0.319. The molecule has 0 aliphatic heterocycles. The summed E-state index contributed by atoms with van der Waals surface area (Å²) in [5, 5.41) is 5.44. The molecule has 0 radical (unpaired) electrons. The van der Waals surface area contributed by atoms with Crippen LogP contribution in [-0.2, 0) is 6.54 Å². The summed E-state index contributed by atoms with van der Waals surface area (Å²) in [4.78, 5) is 0. The van der Waals surface area contributed by atoms with Crippen molar-refractivity contribution in [2.24, 2.45) is 5.73 Å². The van der Waals surface area contributed by atoms with E-state index >= 15 is 0 Å². The summed E-state index contributed by atoms with van der Waals surface area (Å²) in [5.74, 6) is 0.910. The van der Waals surface area contributed by atoms with Crippen molar-refractivity contribution in [2.45, 2.75) is 6.54 Å². The number of nitrogens with one attached hydrogen (secondary N) is 1. The van der Waals surface area contributed by atoms with Gasteiger partial charge in [-0.2, -0.15) is 0 Å². The fourth-order valence-electron chi connectivity index (χ4n) is 1.76. The first-order chi connectivity index (χ1) is 8.33. The number of ether oxygens (including phenoxy) is 1. The molecule has 0 saturated carbocycles. The molecular weight excluding hydrogens is 212 g/mol. The molecule has 0 fully saturated rings. The average molecular weight is 230 g/mol. The molecule has 0 aromatic heterocycles. The molecule has 3 N–H and O–H groups in total. The summed E-state index contributed by atoms with van der Waals surface area (Å²) in [6.07, 6.45) is 0. The van der Waals surface area contributed by atoms with E-state index in [9.17, 15) is 0 Å². The van der Waals surface area contributed by atoms with Gasteiger partial charge < -0.3 is 15.8 Å². The summed E-state index contributed by atoms with van der Waals surface area (Å²) in [6, 6.07) is 12.4. The number of fused-ring (bicyclic) bond motifs is 1. The number of hydrogen-bond acceptors (Lipinski definition) is 3. The molecule has 17 heavy (non-hydrogen) atoms. The molecule has 0 saturated heterocycles. The monoisotopic (exact) mass is 230 g/mol. The van der Waals surface area contributed by atoms with Gasteiger partial charge in [-0.15, -0.1) is 0 Å². The molecule has 2 aromatic carbocycles. The number of likely N-dealkylation sites (N-methyl/N-ethyl adjacent to an activating group) is 1. The van der Waals surface area contributed by atoms with E-state index in [4.69, 9.17) is 10.5 Å². The van der Waals surface area contributed by atoms with Crippen molar-refractivity contribution < 1.29 is 4.74 Å². The van der Waals surface area contributed by atoms with E-state index in [1.165, 1.54) is 10.8 Å². The van der Waals surface area contributed by atoms with Gasteiger partial charge in [0.1, 0.15) is 12.4 Å². The summed E-state index contributed by atoms with van der Waals surface area (Å²) >= 11 is 0. The van der Waals surface area contributed by atoms with Crippen LogP contribution >= 0.6 is 0 Å². The Bertz CT molecular complexity index is 497. The minimum absolute atomic E-state index is 0.580. The Morgan fingerprint density at radius 1 is 1.12 bits per heavy atom. The Balaban J connectivity index is 2.19. The summed E-state index contributed by atoms with van der Waals surface area (Å²) in [6.45, 7) is 2.11. The van der Waals surface area contributed by atoms with Crippen LogP contribution in [0.3, 0.4) is 0 Å². The average Bonchev–Trinajstić information content (AvgIpc) is 2.38. The van der Waals surface area contributed by atoms with E-state index in [2.05, 4.69) is 35.6 Å². The maximum absolute atomic E-state index is 5.62. The SMILES string of the molecule is CNCCOc1ccc2cc(CN)ccc2c1. The number of rotatable bonds is 5. The van der Waals surface area contributed by atoms with Crippen molar-refractivity contribution in [3.63, 3.8) is 0 Å². The van der Waals surface area contributed by atoms with E-state index in [-0.39, 0.29) is 0 Å². The van der Waals surface area contributed by atoms with Crippen molar-refractivity contribution in [1.82, 2.24) is 5.32 Å². The van der Waals surface area contributed by atoms with E-state index in [1.54, 1.807) is 0 Å². The van der Waals surface area contributed by atoms with Gasteiger partial charge in [0.15, 0.2) is 0 Å². The highest BCUT2D eigenvalue weighted by Gasteiger charge is 1.98. The molecule has 0 spiro atoms. The largest absolute Gasteiger partial charge is 0.492 e. The molecule has 0 heterocycles. The lowest BCUT2D eigenvalue weighted by atomic mass is 10.1. The maximum Gasteiger partial charge on any atom is 0.120 e. The van der Waals surface area contributed by atoms with E-state index in [0.717, 1.165) is 17.9 Å². The molecule has 3 heteroatoms. The normalized spacial score (nSPS) is 10.7. The molecule has 0 aliphatic carbocycles. The smallest absolute Gasteiger partial charge is 0.120 e. The number of benzene rings is 2. The quantitative estimate of drug-likeness (QED) is 0.771. The summed E-state index contributed by atoms with van der Waals surface area (Å²) < 4.78 is 5.62. The predicted molar refractivity (Wildman–Crippen MR) is 71.3 cm³/mol. The first-order valence-corrected chi connectivity index (χ1v) is 5.83. The fraction of sp³-hybridized carbons (Fsp3) is 0.286. The van der Waals surface area contributed by atoms with E-state index in [1.807, 2.05) is 13.1 Å². The third-order valence-corrected chi connectivity index (χ3v) is 2.73. The lowest BCUT2D eigenvalue weighted by Crippen LogP contribution is -2.15. The molecule has 0 bridgehead atoms. The summed E-state index contributed by atoms with van der Waals surface area (Å²) in [7, 11) is 1.91. The molecule has 2 rings (SSSR count). The van der Waals surface area contributed by atoms with Crippen molar-refractivity contribution in [1.29, 1.82) is 0 Å². The van der Waals surface area contributed by atoms with E-state index < -0.39 is 0 Å². The molecule has 0 amide bonds. The van der Waals surface area contributed by atoms with Crippen LogP contribution in [0.2, 0.25) is 0 Å². The van der Waals surface area contributed by atoms with Gasteiger partial charge in [-0.25, -0.2) is 0 Å². The van der Waals surface area contributed by atoms with Crippen LogP contribution in [0.4, 0.5) is 0 Å². The number of hydrogen-bond donors (Lipinski definition) is 2. The second-order valence-corrected chi connectivity index (χ2v) is 4.00. The molecule has 0 unspecified atom stereocenters. The van der Waals surface area contributed by atoms with Crippen LogP contribution in [0.15, 0.2) is 36.4 Å². The van der Waals surface area contributed by atoms with Crippen molar-refractivity contribution >= 4 is 10.8 Å². The van der Waals surface area contributed by atoms with Crippen molar-refractivity contribution in [3.8, 4) is 5.75 Å². The lowest BCUT2D eigenvalue weighted by Gasteiger charge is -2.07.